The predicted molar refractivity (Wildman–Crippen MR) is 119 cm³/mol. The summed E-state index contributed by atoms with van der Waals surface area (Å²) in [5, 5.41) is 1.01. The van der Waals surface area contributed by atoms with Crippen LogP contribution in [-0.4, -0.2) is 80.3 Å². The number of thiazole rings is 1. The SMILES string of the molecule is CSc1cccc2sc(N3CCN(C(=O)C4CCCN(S(C)(=O)=O)C4)CC3)nc12. The molecule has 2 aliphatic rings. The molecule has 2 aliphatic heterocycles. The Bertz CT molecular complexity index is 999. The van der Waals surface area contributed by atoms with Crippen LogP contribution >= 0.6 is 23.1 Å². The van der Waals surface area contributed by atoms with Gasteiger partial charge in [0.15, 0.2) is 5.13 Å². The summed E-state index contributed by atoms with van der Waals surface area (Å²) in [5.41, 5.74) is 1.06. The third kappa shape index (κ3) is 4.40. The maximum atomic E-state index is 13.0. The standard InChI is InChI=1S/C19H26N4O3S3/c1-27-15-6-3-7-16-17(15)20-19(28-16)22-11-9-21(10-12-22)18(24)14-5-4-8-23(13-14)29(2,25)26/h3,6-7,14H,4-5,8-13H2,1-2H3. The van der Waals surface area contributed by atoms with Crippen molar-refractivity contribution in [2.45, 2.75) is 17.7 Å². The number of carbonyl (C=O) groups is 1. The van der Waals surface area contributed by atoms with Crippen molar-refractivity contribution in [3.05, 3.63) is 18.2 Å². The lowest BCUT2D eigenvalue weighted by Crippen LogP contribution is -2.53. The molecule has 10 heteroatoms. The third-order valence-electron chi connectivity index (χ3n) is 5.65. The fourth-order valence-corrected chi connectivity index (χ4v) is 6.62. The first-order chi connectivity index (χ1) is 13.9. The summed E-state index contributed by atoms with van der Waals surface area (Å²) in [5.74, 6) is -0.136. The molecule has 4 rings (SSSR count). The highest BCUT2D eigenvalue weighted by molar-refractivity contribution is 7.98. The maximum absolute atomic E-state index is 13.0. The molecule has 2 saturated heterocycles. The van der Waals surface area contributed by atoms with Crippen molar-refractivity contribution in [3.63, 3.8) is 0 Å². The fraction of sp³-hybridized carbons (Fsp3) is 0.579. The van der Waals surface area contributed by atoms with Crippen molar-refractivity contribution in [1.29, 1.82) is 0 Å². The number of nitrogens with zero attached hydrogens (tertiary/aromatic N) is 4. The summed E-state index contributed by atoms with van der Waals surface area (Å²) in [6.45, 7) is 3.64. The number of para-hydroxylation sites is 1. The lowest BCUT2D eigenvalue weighted by atomic mass is 9.98. The molecule has 1 amide bonds. The normalized spacial score (nSPS) is 21.7. The highest BCUT2D eigenvalue weighted by Gasteiger charge is 2.34. The number of thioether (sulfide) groups is 1. The number of aromatic nitrogens is 1. The largest absolute Gasteiger partial charge is 0.345 e. The summed E-state index contributed by atoms with van der Waals surface area (Å²) in [6.07, 6.45) is 4.79. The zero-order valence-corrected chi connectivity index (χ0v) is 19.2. The summed E-state index contributed by atoms with van der Waals surface area (Å²) < 4.78 is 26.3. The van der Waals surface area contributed by atoms with E-state index in [0.29, 0.717) is 26.2 Å². The number of piperazine rings is 1. The van der Waals surface area contributed by atoms with Gasteiger partial charge in [-0.1, -0.05) is 17.4 Å². The number of amides is 1. The van der Waals surface area contributed by atoms with Crippen molar-refractivity contribution in [2.75, 3.05) is 56.7 Å². The first kappa shape index (κ1) is 20.9. The first-order valence-corrected chi connectivity index (χ1v) is 13.7. The fourth-order valence-electron chi connectivity index (χ4n) is 4.03. The van der Waals surface area contributed by atoms with Crippen molar-refractivity contribution in [1.82, 2.24) is 14.2 Å². The van der Waals surface area contributed by atoms with Crippen LogP contribution < -0.4 is 4.90 Å². The molecule has 0 spiro atoms. The molecule has 2 fully saturated rings. The molecule has 2 aromatic rings. The second-order valence-corrected chi connectivity index (χ2v) is 11.4. The average Bonchev–Trinajstić information content (AvgIpc) is 3.17. The van der Waals surface area contributed by atoms with E-state index in [9.17, 15) is 13.2 Å². The van der Waals surface area contributed by atoms with Crippen LogP contribution in [0.4, 0.5) is 5.13 Å². The lowest BCUT2D eigenvalue weighted by molar-refractivity contribution is -0.137. The van der Waals surface area contributed by atoms with E-state index in [4.69, 9.17) is 4.98 Å². The minimum Gasteiger partial charge on any atom is -0.345 e. The van der Waals surface area contributed by atoms with Crippen molar-refractivity contribution < 1.29 is 13.2 Å². The van der Waals surface area contributed by atoms with Crippen LogP contribution in [0.15, 0.2) is 23.1 Å². The van der Waals surface area contributed by atoms with Gasteiger partial charge in [-0.2, -0.15) is 0 Å². The Morgan fingerprint density at radius 3 is 2.66 bits per heavy atom. The van der Waals surface area contributed by atoms with E-state index in [2.05, 4.69) is 29.4 Å². The summed E-state index contributed by atoms with van der Waals surface area (Å²) >= 11 is 3.40. The molecule has 1 aromatic carbocycles. The summed E-state index contributed by atoms with van der Waals surface area (Å²) in [7, 11) is -3.24. The van der Waals surface area contributed by atoms with Crippen LogP contribution in [0.2, 0.25) is 0 Å². The first-order valence-electron chi connectivity index (χ1n) is 9.79. The number of anilines is 1. The van der Waals surface area contributed by atoms with E-state index in [1.54, 1.807) is 23.1 Å². The minimum absolute atomic E-state index is 0.0898. The molecule has 1 atom stereocenters. The van der Waals surface area contributed by atoms with E-state index >= 15 is 0 Å². The van der Waals surface area contributed by atoms with E-state index in [1.165, 1.54) is 20.2 Å². The molecule has 1 aromatic heterocycles. The Hall–Kier alpha value is -1.36. The van der Waals surface area contributed by atoms with Crippen LogP contribution in [-0.2, 0) is 14.8 Å². The van der Waals surface area contributed by atoms with Gasteiger partial charge < -0.3 is 9.80 Å². The molecule has 29 heavy (non-hydrogen) atoms. The Morgan fingerprint density at radius 1 is 1.21 bits per heavy atom. The Labute approximate surface area is 180 Å². The van der Waals surface area contributed by atoms with Crippen LogP contribution in [0, 0.1) is 5.92 Å². The number of hydrogen-bond acceptors (Lipinski definition) is 7. The van der Waals surface area contributed by atoms with Gasteiger partial charge >= 0.3 is 0 Å². The molecule has 3 heterocycles. The molecule has 0 N–H and O–H groups in total. The molecule has 0 saturated carbocycles. The molecular formula is C19H26N4O3S3. The zero-order valence-electron chi connectivity index (χ0n) is 16.7. The van der Waals surface area contributed by atoms with Crippen molar-refractivity contribution in [3.8, 4) is 0 Å². The number of fused-ring (bicyclic) bond motifs is 1. The second-order valence-electron chi connectivity index (χ2n) is 7.58. The van der Waals surface area contributed by atoms with Gasteiger partial charge in [-0.3, -0.25) is 4.79 Å². The zero-order chi connectivity index (χ0) is 20.6. The summed E-state index contributed by atoms with van der Waals surface area (Å²) in [4.78, 5) is 23.1. The number of carbonyl (C=O) groups excluding carboxylic acids is 1. The Balaban J connectivity index is 1.40. The Kier molecular flexibility index (Phi) is 6.06. The molecule has 7 nitrogen and oxygen atoms in total. The van der Waals surface area contributed by atoms with E-state index in [0.717, 1.165) is 36.6 Å². The molecule has 158 valence electrons. The van der Waals surface area contributed by atoms with E-state index < -0.39 is 10.0 Å². The van der Waals surface area contributed by atoms with Crippen LogP contribution in [0.25, 0.3) is 10.2 Å². The van der Waals surface area contributed by atoms with Gasteiger partial charge in [-0.15, -0.1) is 11.8 Å². The van der Waals surface area contributed by atoms with Gasteiger partial charge in [0.25, 0.3) is 0 Å². The van der Waals surface area contributed by atoms with Gasteiger partial charge in [-0.05, 0) is 31.2 Å². The quantitative estimate of drug-likeness (QED) is 0.661. The molecule has 0 bridgehead atoms. The minimum atomic E-state index is -3.24. The highest BCUT2D eigenvalue weighted by Crippen LogP contribution is 2.34. The topological polar surface area (TPSA) is 73.8 Å². The van der Waals surface area contributed by atoms with Gasteiger partial charge in [0.1, 0.15) is 0 Å². The van der Waals surface area contributed by atoms with Gasteiger partial charge in [0.2, 0.25) is 15.9 Å². The molecular weight excluding hydrogens is 428 g/mol. The van der Waals surface area contributed by atoms with Crippen LogP contribution in [0.5, 0.6) is 0 Å². The number of rotatable bonds is 4. The van der Waals surface area contributed by atoms with E-state index in [1.807, 2.05) is 4.90 Å². The van der Waals surface area contributed by atoms with Crippen molar-refractivity contribution in [2.24, 2.45) is 5.92 Å². The number of hydrogen-bond donors (Lipinski definition) is 0. The van der Waals surface area contributed by atoms with Gasteiger partial charge in [-0.25, -0.2) is 17.7 Å². The Morgan fingerprint density at radius 2 is 1.97 bits per heavy atom. The summed E-state index contributed by atoms with van der Waals surface area (Å²) in [6, 6.07) is 6.26. The molecule has 0 aliphatic carbocycles. The average molecular weight is 455 g/mol. The maximum Gasteiger partial charge on any atom is 0.227 e. The number of piperidine rings is 1. The monoisotopic (exact) mass is 454 g/mol. The molecule has 1 unspecified atom stereocenters. The van der Waals surface area contributed by atoms with Gasteiger partial charge in [0, 0.05) is 44.2 Å². The number of sulfonamides is 1. The van der Waals surface area contributed by atoms with Crippen LogP contribution in [0.1, 0.15) is 12.8 Å². The molecule has 0 radical (unpaired) electrons. The predicted octanol–water partition coefficient (Wildman–Crippen LogP) is 2.34. The highest BCUT2D eigenvalue weighted by atomic mass is 32.2. The third-order valence-corrected chi connectivity index (χ3v) is 8.78. The van der Waals surface area contributed by atoms with E-state index in [-0.39, 0.29) is 11.8 Å². The lowest BCUT2D eigenvalue weighted by Gasteiger charge is -2.38. The second kappa shape index (κ2) is 8.41. The number of benzene rings is 1. The van der Waals surface area contributed by atoms with Crippen molar-refractivity contribution >= 4 is 54.4 Å². The van der Waals surface area contributed by atoms with Gasteiger partial charge in [0.05, 0.1) is 22.4 Å². The van der Waals surface area contributed by atoms with Crippen LogP contribution in [0.3, 0.4) is 0 Å². The smallest absolute Gasteiger partial charge is 0.227 e.